The molecule has 1 aliphatic rings. The summed E-state index contributed by atoms with van der Waals surface area (Å²) >= 11 is 0. The van der Waals surface area contributed by atoms with Gasteiger partial charge in [-0.3, -0.25) is 0 Å². The van der Waals surface area contributed by atoms with Gasteiger partial charge in [0.15, 0.2) is 0 Å². The van der Waals surface area contributed by atoms with E-state index in [0.29, 0.717) is 12.2 Å². The molecule has 1 fully saturated rings. The predicted octanol–water partition coefficient (Wildman–Crippen LogP) is 2.82. The third-order valence-corrected chi connectivity index (χ3v) is 3.85. The SMILES string of the molecule is CCC(N)(c1ccccc1F)C1CCCOC1. The maximum atomic E-state index is 13.9. The number of hydrogen-bond donors (Lipinski definition) is 1. The van der Waals surface area contributed by atoms with Gasteiger partial charge < -0.3 is 10.5 Å². The number of halogens is 1. The first kappa shape index (κ1) is 12.5. The molecule has 2 unspecified atom stereocenters. The van der Waals surface area contributed by atoms with Crippen LogP contribution in [0.5, 0.6) is 0 Å². The van der Waals surface area contributed by atoms with Crippen LogP contribution in [0.1, 0.15) is 31.7 Å². The highest BCUT2D eigenvalue weighted by atomic mass is 19.1. The van der Waals surface area contributed by atoms with E-state index in [1.165, 1.54) is 6.07 Å². The molecule has 2 atom stereocenters. The lowest BCUT2D eigenvalue weighted by Crippen LogP contribution is -2.47. The molecule has 0 saturated carbocycles. The fraction of sp³-hybridized carbons (Fsp3) is 0.571. The van der Waals surface area contributed by atoms with E-state index in [0.717, 1.165) is 25.9 Å². The molecule has 0 aromatic heterocycles. The highest BCUT2D eigenvalue weighted by Gasteiger charge is 2.37. The summed E-state index contributed by atoms with van der Waals surface area (Å²) in [5.41, 5.74) is 6.49. The maximum Gasteiger partial charge on any atom is 0.128 e. The van der Waals surface area contributed by atoms with E-state index >= 15 is 0 Å². The van der Waals surface area contributed by atoms with Gasteiger partial charge in [0.05, 0.1) is 6.61 Å². The minimum atomic E-state index is -0.605. The zero-order valence-corrected chi connectivity index (χ0v) is 10.3. The molecular weight excluding hydrogens is 217 g/mol. The highest BCUT2D eigenvalue weighted by Crippen LogP contribution is 2.36. The zero-order valence-electron chi connectivity index (χ0n) is 10.3. The van der Waals surface area contributed by atoms with Gasteiger partial charge in [-0.2, -0.15) is 0 Å². The molecule has 2 nitrogen and oxygen atoms in total. The second-order valence-electron chi connectivity index (χ2n) is 4.79. The van der Waals surface area contributed by atoms with Gasteiger partial charge in [0.25, 0.3) is 0 Å². The van der Waals surface area contributed by atoms with E-state index in [9.17, 15) is 4.39 Å². The lowest BCUT2D eigenvalue weighted by atomic mass is 9.74. The Kier molecular flexibility index (Phi) is 3.79. The van der Waals surface area contributed by atoms with E-state index in [1.807, 2.05) is 13.0 Å². The molecule has 1 aliphatic heterocycles. The summed E-state index contributed by atoms with van der Waals surface area (Å²) < 4.78 is 19.4. The third kappa shape index (κ3) is 2.35. The quantitative estimate of drug-likeness (QED) is 0.877. The Morgan fingerprint density at radius 3 is 2.82 bits per heavy atom. The van der Waals surface area contributed by atoms with Gasteiger partial charge in [-0.25, -0.2) is 4.39 Å². The molecule has 0 bridgehead atoms. The van der Waals surface area contributed by atoms with Gasteiger partial charge in [-0.1, -0.05) is 25.1 Å². The maximum absolute atomic E-state index is 13.9. The van der Waals surface area contributed by atoms with Crippen LogP contribution in [0.25, 0.3) is 0 Å². The number of nitrogens with two attached hydrogens (primary N) is 1. The highest BCUT2D eigenvalue weighted by molar-refractivity contribution is 5.27. The molecule has 1 saturated heterocycles. The number of benzene rings is 1. The van der Waals surface area contributed by atoms with Crippen molar-refractivity contribution in [3.63, 3.8) is 0 Å². The summed E-state index contributed by atoms with van der Waals surface area (Å²) in [6, 6.07) is 6.83. The topological polar surface area (TPSA) is 35.2 Å². The molecule has 0 aliphatic carbocycles. The minimum Gasteiger partial charge on any atom is -0.381 e. The Hall–Kier alpha value is -0.930. The normalized spacial score (nSPS) is 24.3. The Labute approximate surface area is 102 Å². The molecule has 0 radical (unpaired) electrons. The summed E-state index contributed by atoms with van der Waals surface area (Å²) in [6.45, 7) is 3.45. The van der Waals surface area contributed by atoms with Crippen molar-refractivity contribution in [2.75, 3.05) is 13.2 Å². The molecule has 1 heterocycles. The number of hydrogen-bond acceptors (Lipinski definition) is 2. The van der Waals surface area contributed by atoms with Crippen molar-refractivity contribution in [3.05, 3.63) is 35.6 Å². The summed E-state index contributed by atoms with van der Waals surface area (Å²) in [4.78, 5) is 0. The van der Waals surface area contributed by atoms with Crippen LogP contribution in [-0.4, -0.2) is 13.2 Å². The van der Waals surface area contributed by atoms with Gasteiger partial charge in [-0.05, 0) is 25.3 Å². The lowest BCUT2D eigenvalue weighted by molar-refractivity contribution is 0.0178. The van der Waals surface area contributed by atoms with Gasteiger partial charge in [0.2, 0.25) is 0 Å². The van der Waals surface area contributed by atoms with Crippen LogP contribution < -0.4 is 5.73 Å². The Morgan fingerprint density at radius 1 is 1.47 bits per heavy atom. The molecule has 94 valence electrons. The van der Waals surface area contributed by atoms with Crippen LogP contribution in [-0.2, 0) is 10.3 Å². The standard InChI is InChI=1S/C14H20FNO/c1-2-14(16,11-6-5-9-17-10-11)12-7-3-4-8-13(12)15/h3-4,7-8,11H,2,5-6,9-10,16H2,1H3. The van der Waals surface area contributed by atoms with Crippen LogP contribution in [0.2, 0.25) is 0 Å². The number of ether oxygens (including phenoxy) is 1. The molecule has 1 aromatic rings. The van der Waals surface area contributed by atoms with Crippen LogP contribution in [0.4, 0.5) is 4.39 Å². The predicted molar refractivity (Wildman–Crippen MR) is 66.1 cm³/mol. The van der Waals surface area contributed by atoms with E-state index in [1.54, 1.807) is 12.1 Å². The first-order valence-electron chi connectivity index (χ1n) is 6.30. The Morgan fingerprint density at radius 2 is 2.24 bits per heavy atom. The molecular formula is C14H20FNO. The molecule has 2 rings (SSSR count). The van der Waals surface area contributed by atoms with E-state index in [-0.39, 0.29) is 11.7 Å². The van der Waals surface area contributed by atoms with Crippen molar-refractivity contribution in [2.24, 2.45) is 11.7 Å². The van der Waals surface area contributed by atoms with Gasteiger partial charge in [0, 0.05) is 23.6 Å². The average molecular weight is 237 g/mol. The summed E-state index contributed by atoms with van der Waals surface area (Å²) in [7, 11) is 0. The largest absolute Gasteiger partial charge is 0.381 e. The van der Waals surface area contributed by atoms with E-state index < -0.39 is 5.54 Å². The lowest BCUT2D eigenvalue weighted by Gasteiger charge is -2.39. The molecule has 0 spiro atoms. The second-order valence-corrected chi connectivity index (χ2v) is 4.79. The van der Waals surface area contributed by atoms with Crippen molar-refractivity contribution < 1.29 is 9.13 Å². The van der Waals surface area contributed by atoms with Gasteiger partial charge in [-0.15, -0.1) is 0 Å². The summed E-state index contributed by atoms with van der Waals surface area (Å²) in [6.07, 6.45) is 2.75. The smallest absolute Gasteiger partial charge is 0.128 e. The fourth-order valence-electron chi connectivity index (χ4n) is 2.68. The van der Waals surface area contributed by atoms with Crippen LogP contribution in [0.3, 0.4) is 0 Å². The minimum absolute atomic E-state index is 0.206. The molecule has 2 N–H and O–H groups in total. The second kappa shape index (κ2) is 5.15. The number of rotatable bonds is 3. The third-order valence-electron chi connectivity index (χ3n) is 3.85. The van der Waals surface area contributed by atoms with Crippen molar-refractivity contribution in [1.82, 2.24) is 0 Å². The van der Waals surface area contributed by atoms with E-state index in [4.69, 9.17) is 10.5 Å². The molecule has 1 aromatic carbocycles. The fourth-order valence-corrected chi connectivity index (χ4v) is 2.68. The molecule has 17 heavy (non-hydrogen) atoms. The van der Waals surface area contributed by atoms with Gasteiger partial charge in [0.1, 0.15) is 5.82 Å². The Balaban J connectivity index is 2.32. The van der Waals surface area contributed by atoms with Crippen molar-refractivity contribution in [2.45, 2.75) is 31.7 Å². The van der Waals surface area contributed by atoms with Gasteiger partial charge >= 0.3 is 0 Å². The first-order valence-corrected chi connectivity index (χ1v) is 6.30. The Bertz CT molecular complexity index is 376. The van der Waals surface area contributed by atoms with Crippen LogP contribution >= 0.6 is 0 Å². The van der Waals surface area contributed by atoms with Crippen molar-refractivity contribution in [1.29, 1.82) is 0 Å². The zero-order chi connectivity index (χ0) is 12.3. The average Bonchev–Trinajstić information content (AvgIpc) is 2.39. The summed E-state index contributed by atoms with van der Waals surface area (Å²) in [5.74, 6) is 0.000531. The van der Waals surface area contributed by atoms with Crippen LogP contribution in [0.15, 0.2) is 24.3 Å². The molecule has 0 amide bonds. The summed E-state index contributed by atoms with van der Waals surface area (Å²) in [5, 5.41) is 0. The van der Waals surface area contributed by atoms with Crippen molar-refractivity contribution >= 4 is 0 Å². The van der Waals surface area contributed by atoms with Crippen molar-refractivity contribution in [3.8, 4) is 0 Å². The monoisotopic (exact) mass is 237 g/mol. The van der Waals surface area contributed by atoms with E-state index in [2.05, 4.69) is 0 Å². The first-order chi connectivity index (χ1) is 8.18. The van der Waals surface area contributed by atoms with Crippen LogP contribution in [0, 0.1) is 11.7 Å². The molecule has 3 heteroatoms.